The van der Waals surface area contributed by atoms with Crippen LogP contribution < -0.4 is 0 Å². The van der Waals surface area contributed by atoms with Gasteiger partial charge < -0.3 is 15.4 Å². The third-order valence-corrected chi connectivity index (χ3v) is 1.92. The van der Waals surface area contributed by atoms with Gasteiger partial charge in [-0.15, -0.1) is 5.54 Å². The van der Waals surface area contributed by atoms with Crippen LogP contribution in [0.3, 0.4) is 0 Å². The molecule has 0 spiro atoms. The van der Waals surface area contributed by atoms with Gasteiger partial charge in [-0.05, 0) is 11.1 Å². The van der Waals surface area contributed by atoms with Crippen LogP contribution in [0.15, 0.2) is 24.3 Å². The van der Waals surface area contributed by atoms with E-state index in [4.69, 9.17) is 9.94 Å². The maximum absolute atomic E-state index is 10.6. The van der Waals surface area contributed by atoms with Crippen molar-refractivity contribution >= 4 is 5.97 Å². The van der Waals surface area contributed by atoms with E-state index in [0.717, 1.165) is 11.1 Å². The summed E-state index contributed by atoms with van der Waals surface area (Å²) < 4.78 is 0. The number of rotatable bonds is 5. The van der Waals surface area contributed by atoms with Crippen molar-refractivity contribution in [3.8, 4) is 0 Å². The summed E-state index contributed by atoms with van der Waals surface area (Å²) in [7, 11) is 0. The molecule has 0 unspecified atom stereocenters. The van der Waals surface area contributed by atoms with Gasteiger partial charge in [0.25, 0.3) is 0 Å². The van der Waals surface area contributed by atoms with Crippen molar-refractivity contribution in [2.45, 2.75) is 39.3 Å². The molecular weight excluding hydrogens is 307 g/mol. The molecule has 0 aromatic heterocycles. The van der Waals surface area contributed by atoms with Crippen LogP contribution in [0.1, 0.15) is 31.9 Å². The Kier molecular flexibility index (Phi) is 7.87. The Hall–Kier alpha value is -0.286. The number of carbonyl (C=O) groups is 1. The molecule has 0 aliphatic heterocycles. The van der Waals surface area contributed by atoms with Gasteiger partial charge in [-0.3, -0.25) is 4.79 Å². The second kappa shape index (κ2) is 8.00. The van der Waals surface area contributed by atoms with Crippen LogP contribution in [0.5, 0.6) is 0 Å². The standard InChI is InChI=1S/C13H18NO3.Y/c1-13(2,3)14-17-9-11-6-4-5-10(7-11)8-12(15)16;/h4-7H,8-9H2,1-3H3,(H,15,16);/q-1;. The third-order valence-electron chi connectivity index (χ3n) is 1.92. The van der Waals surface area contributed by atoms with Gasteiger partial charge >= 0.3 is 5.97 Å². The molecule has 1 radical (unpaired) electrons. The predicted molar refractivity (Wildman–Crippen MR) is 65.7 cm³/mol. The van der Waals surface area contributed by atoms with E-state index in [0.29, 0.717) is 6.61 Å². The normalized spacial score (nSPS) is 10.8. The van der Waals surface area contributed by atoms with E-state index in [2.05, 4.69) is 5.48 Å². The maximum atomic E-state index is 10.6. The van der Waals surface area contributed by atoms with Gasteiger partial charge in [0.05, 0.1) is 13.0 Å². The van der Waals surface area contributed by atoms with Crippen molar-refractivity contribution in [1.82, 2.24) is 0 Å². The topological polar surface area (TPSA) is 60.6 Å². The quantitative estimate of drug-likeness (QED) is 0.847. The Morgan fingerprint density at radius 2 is 1.94 bits per heavy atom. The third kappa shape index (κ3) is 7.93. The van der Waals surface area contributed by atoms with Gasteiger partial charge in [-0.25, -0.2) is 0 Å². The second-order valence-electron chi connectivity index (χ2n) is 4.93. The second-order valence-corrected chi connectivity index (χ2v) is 4.93. The molecule has 1 N–H and O–H groups in total. The van der Waals surface area contributed by atoms with E-state index >= 15 is 0 Å². The number of hydroxylamine groups is 1. The number of benzene rings is 1. The largest absolute Gasteiger partial charge is 0.529 e. The van der Waals surface area contributed by atoms with Crippen LogP contribution in [0.25, 0.3) is 5.48 Å². The van der Waals surface area contributed by atoms with Gasteiger partial charge in [0, 0.05) is 32.7 Å². The minimum atomic E-state index is -0.831. The molecule has 97 valence electrons. The molecule has 4 nitrogen and oxygen atoms in total. The van der Waals surface area contributed by atoms with E-state index < -0.39 is 5.97 Å². The number of aliphatic carboxylic acids is 1. The number of hydrogen-bond acceptors (Lipinski definition) is 2. The molecule has 0 aliphatic rings. The van der Waals surface area contributed by atoms with E-state index in [1.54, 1.807) is 6.07 Å². The number of nitrogens with zero attached hydrogens (tertiary/aromatic N) is 1. The fourth-order valence-electron chi connectivity index (χ4n) is 1.30. The van der Waals surface area contributed by atoms with E-state index in [-0.39, 0.29) is 44.7 Å². The average molecular weight is 325 g/mol. The molecule has 0 atom stereocenters. The molecule has 1 rings (SSSR count). The van der Waals surface area contributed by atoms with Crippen molar-refractivity contribution in [1.29, 1.82) is 0 Å². The van der Waals surface area contributed by atoms with Crippen LogP contribution in [0, 0.1) is 0 Å². The van der Waals surface area contributed by atoms with Crippen molar-refractivity contribution in [3.63, 3.8) is 0 Å². The van der Waals surface area contributed by atoms with Gasteiger partial charge in [0.1, 0.15) is 0 Å². The molecule has 1 aromatic carbocycles. The van der Waals surface area contributed by atoms with E-state index in [9.17, 15) is 4.79 Å². The smallest absolute Gasteiger partial charge is 0.307 e. The first-order valence-electron chi connectivity index (χ1n) is 5.50. The van der Waals surface area contributed by atoms with Gasteiger partial charge in [-0.2, -0.15) is 0 Å². The molecule has 0 fully saturated rings. The summed E-state index contributed by atoms with van der Waals surface area (Å²) in [5.41, 5.74) is 5.50. The fraction of sp³-hybridized carbons (Fsp3) is 0.462. The Labute approximate surface area is 133 Å². The van der Waals surface area contributed by atoms with Crippen molar-refractivity contribution in [2.75, 3.05) is 0 Å². The van der Waals surface area contributed by atoms with E-state index in [1.807, 2.05) is 39.0 Å². The Morgan fingerprint density at radius 1 is 1.33 bits per heavy atom. The zero-order valence-electron chi connectivity index (χ0n) is 11.0. The van der Waals surface area contributed by atoms with Crippen LogP contribution >= 0.6 is 0 Å². The maximum Gasteiger partial charge on any atom is 0.307 e. The summed E-state index contributed by atoms with van der Waals surface area (Å²) in [5, 5.41) is 8.69. The predicted octanol–water partition coefficient (Wildman–Crippen LogP) is 2.92. The van der Waals surface area contributed by atoms with Gasteiger partial charge in [-0.1, -0.05) is 45.0 Å². The van der Waals surface area contributed by atoms with Crippen molar-refractivity contribution in [2.24, 2.45) is 0 Å². The van der Waals surface area contributed by atoms with Crippen LogP contribution in [0.4, 0.5) is 0 Å². The van der Waals surface area contributed by atoms with Crippen molar-refractivity contribution < 1.29 is 47.4 Å². The average Bonchev–Trinajstić information content (AvgIpc) is 2.15. The number of carboxylic acid groups (broad SMARTS) is 1. The summed E-state index contributed by atoms with van der Waals surface area (Å²) in [6, 6.07) is 7.34. The number of carboxylic acids is 1. The first kappa shape index (κ1) is 17.7. The van der Waals surface area contributed by atoms with Gasteiger partial charge in [0.2, 0.25) is 0 Å². The molecule has 0 heterocycles. The fourth-order valence-corrected chi connectivity index (χ4v) is 1.30. The van der Waals surface area contributed by atoms with Crippen molar-refractivity contribution in [3.05, 3.63) is 40.9 Å². The zero-order valence-corrected chi connectivity index (χ0v) is 13.9. The summed E-state index contributed by atoms with van der Waals surface area (Å²) >= 11 is 0. The first-order chi connectivity index (χ1) is 7.87. The number of hydrogen-bond donors (Lipinski definition) is 1. The minimum absolute atomic E-state index is 0. The molecule has 1 aromatic rings. The van der Waals surface area contributed by atoms with E-state index in [1.165, 1.54) is 0 Å². The summed E-state index contributed by atoms with van der Waals surface area (Å²) in [6.45, 7) is 6.22. The Morgan fingerprint density at radius 3 is 2.50 bits per heavy atom. The van der Waals surface area contributed by atoms with Crippen LogP contribution in [-0.4, -0.2) is 16.6 Å². The molecule has 0 amide bonds. The minimum Gasteiger partial charge on any atom is -0.529 e. The summed E-state index contributed by atoms with van der Waals surface area (Å²) in [6.07, 6.45) is 0.0320. The molecule has 0 aliphatic carbocycles. The van der Waals surface area contributed by atoms with Crippen LogP contribution in [-0.2, 0) is 55.4 Å². The van der Waals surface area contributed by atoms with Gasteiger partial charge in [0.15, 0.2) is 0 Å². The Balaban J connectivity index is 0.00000289. The molecular formula is C13H18NO3Y-. The Bertz CT molecular complexity index is 388. The summed E-state index contributed by atoms with van der Waals surface area (Å²) in [4.78, 5) is 15.8. The first-order valence-corrected chi connectivity index (χ1v) is 5.50. The molecule has 0 saturated carbocycles. The molecule has 0 bridgehead atoms. The molecule has 5 heteroatoms. The molecule has 18 heavy (non-hydrogen) atoms. The molecule has 0 saturated heterocycles. The zero-order chi connectivity index (χ0) is 12.9. The SMILES string of the molecule is CC(C)(C)[N-]OCc1cccc(CC(=O)O)c1.[Y]. The monoisotopic (exact) mass is 325 g/mol. The van der Waals surface area contributed by atoms with Crippen LogP contribution in [0.2, 0.25) is 0 Å². The summed E-state index contributed by atoms with van der Waals surface area (Å²) in [5.74, 6) is -0.831.